The van der Waals surface area contributed by atoms with Crippen LogP contribution in [0.4, 0.5) is 11.4 Å². The summed E-state index contributed by atoms with van der Waals surface area (Å²) >= 11 is 8.21. The molecule has 3 aromatic rings. The molecule has 0 unspecified atom stereocenters. The van der Waals surface area contributed by atoms with Crippen LogP contribution >= 0.6 is 34.2 Å². The molecule has 8 heteroatoms. The fourth-order valence-corrected chi connectivity index (χ4v) is 4.10. The SMILES string of the molecule is Cc1c(Cl)cccc1NS(=O)(=O)c1ccc(NC(=O)c2ccc(I)cc2)cc1. The molecule has 28 heavy (non-hydrogen) atoms. The Morgan fingerprint density at radius 1 is 0.964 bits per heavy atom. The topological polar surface area (TPSA) is 75.3 Å². The highest BCUT2D eigenvalue weighted by Crippen LogP contribution is 2.26. The number of amides is 1. The number of anilines is 2. The van der Waals surface area contributed by atoms with Crippen LogP contribution in [-0.4, -0.2) is 14.3 Å². The summed E-state index contributed by atoms with van der Waals surface area (Å²) in [6.45, 7) is 1.74. The first-order valence-electron chi connectivity index (χ1n) is 8.21. The molecule has 0 bridgehead atoms. The quantitative estimate of drug-likeness (QED) is 0.443. The average molecular weight is 527 g/mol. The summed E-state index contributed by atoms with van der Waals surface area (Å²) in [6.07, 6.45) is 0. The first kappa shape index (κ1) is 20.6. The normalized spacial score (nSPS) is 11.1. The van der Waals surface area contributed by atoms with E-state index in [1.807, 2.05) is 12.1 Å². The monoisotopic (exact) mass is 526 g/mol. The van der Waals surface area contributed by atoms with Crippen LogP contribution < -0.4 is 10.0 Å². The predicted octanol–water partition coefficient (Wildman–Crippen LogP) is 5.31. The number of carbonyl (C=O) groups excluding carboxylic acids is 1. The largest absolute Gasteiger partial charge is 0.322 e. The van der Waals surface area contributed by atoms with Crippen LogP contribution in [0.1, 0.15) is 15.9 Å². The molecule has 144 valence electrons. The standard InChI is InChI=1S/C20H16ClIN2O3S/c1-13-18(21)3-2-4-19(13)24-28(26,27)17-11-9-16(10-12-17)23-20(25)14-5-7-15(22)8-6-14/h2-12,24H,1H3,(H,23,25). The molecule has 0 heterocycles. The number of carbonyl (C=O) groups is 1. The summed E-state index contributed by atoms with van der Waals surface area (Å²) < 4.78 is 28.8. The van der Waals surface area contributed by atoms with Crippen molar-refractivity contribution in [3.8, 4) is 0 Å². The maximum atomic E-state index is 12.6. The van der Waals surface area contributed by atoms with Crippen molar-refractivity contribution in [2.45, 2.75) is 11.8 Å². The van der Waals surface area contributed by atoms with Gasteiger partial charge in [-0.1, -0.05) is 17.7 Å². The lowest BCUT2D eigenvalue weighted by atomic mass is 10.2. The highest BCUT2D eigenvalue weighted by atomic mass is 127. The van der Waals surface area contributed by atoms with Gasteiger partial charge >= 0.3 is 0 Å². The third-order valence-electron chi connectivity index (χ3n) is 4.04. The second kappa shape index (κ2) is 8.50. The van der Waals surface area contributed by atoms with Gasteiger partial charge < -0.3 is 5.32 Å². The molecule has 5 nitrogen and oxygen atoms in total. The molecule has 0 saturated carbocycles. The lowest BCUT2D eigenvalue weighted by Gasteiger charge is -2.12. The third-order valence-corrected chi connectivity index (χ3v) is 6.55. The zero-order valence-corrected chi connectivity index (χ0v) is 18.5. The number of hydrogen-bond acceptors (Lipinski definition) is 3. The molecule has 3 aromatic carbocycles. The average Bonchev–Trinajstić information content (AvgIpc) is 2.66. The fourth-order valence-electron chi connectivity index (χ4n) is 2.44. The van der Waals surface area contributed by atoms with Crippen LogP contribution in [-0.2, 0) is 10.0 Å². The highest BCUT2D eigenvalue weighted by Gasteiger charge is 2.16. The molecule has 0 aliphatic heterocycles. The first-order chi connectivity index (χ1) is 13.3. The number of rotatable bonds is 5. The van der Waals surface area contributed by atoms with Gasteiger partial charge in [-0.15, -0.1) is 0 Å². The second-order valence-electron chi connectivity index (χ2n) is 6.00. The fraction of sp³-hybridized carbons (Fsp3) is 0.0500. The van der Waals surface area contributed by atoms with Crippen LogP contribution in [0.3, 0.4) is 0 Å². The van der Waals surface area contributed by atoms with E-state index in [4.69, 9.17) is 11.6 Å². The van der Waals surface area contributed by atoms with E-state index >= 15 is 0 Å². The van der Waals surface area contributed by atoms with E-state index in [9.17, 15) is 13.2 Å². The van der Waals surface area contributed by atoms with E-state index in [1.165, 1.54) is 12.1 Å². The van der Waals surface area contributed by atoms with Gasteiger partial charge in [0, 0.05) is 19.8 Å². The number of sulfonamides is 1. The van der Waals surface area contributed by atoms with Crippen LogP contribution in [0.5, 0.6) is 0 Å². The van der Waals surface area contributed by atoms with Gasteiger partial charge in [0.15, 0.2) is 0 Å². The molecule has 1 amide bonds. The molecule has 0 radical (unpaired) electrons. The van der Waals surface area contributed by atoms with Crippen molar-refractivity contribution < 1.29 is 13.2 Å². The van der Waals surface area contributed by atoms with Crippen LogP contribution in [0.2, 0.25) is 5.02 Å². The van der Waals surface area contributed by atoms with Crippen molar-refractivity contribution in [2.24, 2.45) is 0 Å². The van der Waals surface area contributed by atoms with Gasteiger partial charge in [0.2, 0.25) is 0 Å². The van der Waals surface area contributed by atoms with Gasteiger partial charge in [0.05, 0.1) is 10.6 Å². The van der Waals surface area contributed by atoms with Crippen molar-refractivity contribution >= 4 is 61.5 Å². The summed E-state index contributed by atoms with van der Waals surface area (Å²) in [5.74, 6) is -0.264. The van der Waals surface area contributed by atoms with Crippen LogP contribution in [0, 0.1) is 10.5 Å². The van der Waals surface area contributed by atoms with Crippen LogP contribution in [0.15, 0.2) is 71.6 Å². The summed E-state index contributed by atoms with van der Waals surface area (Å²) in [6, 6.07) is 18.1. The Morgan fingerprint density at radius 3 is 2.25 bits per heavy atom. The Morgan fingerprint density at radius 2 is 1.61 bits per heavy atom. The van der Waals surface area contributed by atoms with Crippen LogP contribution in [0.25, 0.3) is 0 Å². The number of nitrogens with one attached hydrogen (secondary N) is 2. The molecule has 2 N–H and O–H groups in total. The van der Waals surface area contributed by atoms with Gasteiger partial charge in [-0.3, -0.25) is 9.52 Å². The van der Waals surface area contributed by atoms with E-state index in [0.717, 1.165) is 3.57 Å². The van der Waals surface area contributed by atoms with Gasteiger partial charge in [0.1, 0.15) is 0 Å². The smallest absolute Gasteiger partial charge is 0.261 e. The lowest BCUT2D eigenvalue weighted by molar-refractivity contribution is 0.102. The number of hydrogen-bond donors (Lipinski definition) is 2. The maximum absolute atomic E-state index is 12.6. The summed E-state index contributed by atoms with van der Waals surface area (Å²) in [5, 5.41) is 3.23. The predicted molar refractivity (Wildman–Crippen MR) is 121 cm³/mol. The Labute approximate surface area is 182 Å². The number of benzene rings is 3. The summed E-state index contributed by atoms with van der Waals surface area (Å²) in [7, 11) is -3.78. The summed E-state index contributed by atoms with van der Waals surface area (Å²) in [5.41, 5.74) is 2.09. The van der Waals surface area contributed by atoms with Gasteiger partial charge in [0.25, 0.3) is 15.9 Å². The van der Waals surface area contributed by atoms with Gasteiger partial charge in [-0.2, -0.15) is 0 Å². The van der Waals surface area contributed by atoms with E-state index in [1.54, 1.807) is 49.4 Å². The molecule has 0 aromatic heterocycles. The molecule has 0 atom stereocenters. The molecule has 0 aliphatic carbocycles. The third kappa shape index (κ3) is 4.84. The van der Waals surface area contributed by atoms with Gasteiger partial charge in [-0.05, 0) is 95.7 Å². The van der Waals surface area contributed by atoms with E-state index in [0.29, 0.717) is 27.5 Å². The Hall–Kier alpha value is -2.10. The zero-order chi connectivity index (χ0) is 20.3. The molecular weight excluding hydrogens is 511 g/mol. The highest BCUT2D eigenvalue weighted by molar-refractivity contribution is 14.1. The summed E-state index contributed by atoms with van der Waals surface area (Å²) in [4.78, 5) is 12.3. The van der Waals surface area contributed by atoms with E-state index < -0.39 is 10.0 Å². The Kier molecular flexibility index (Phi) is 6.26. The Bertz CT molecular complexity index is 1120. The zero-order valence-electron chi connectivity index (χ0n) is 14.7. The van der Waals surface area contributed by atoms with Crippen molar-refractivity contribution in [1.82, 2.24) is 0 Å². The minimum absolute atomic E-state index is 0.0825. The Balaban J connectivity index is 1.75. The van der Waals surface area contributed by atoms with Crippen molar-refractivity contribution in [2.75, 3.05) is 10.0 Å². The minimum atomic E-state index is -3.78. The van der Waals surface area contributed by atoms with Crippen molar-refractivity contribution in [3.63, 3.8) is 0 Å². The molecule has 0 fully saturated rings. The second-order valence-corrected chi connectivity index (χ2v) is 9.34. The van der Waals surface area contributed by atoms with Gasteiger partial charge in [-0.25, -0.2) is 8.42 Å². The lowest BCUT2D eigenvalue weighted by Crippen LogP contribution is -2.14. The molecule has 0 spiro atoms. The number of halogens is 2. The molecular formula is C20H16ClIN2O3S. The van der Waals surface area contributed by atoms with E-state index in [2.05, 4.69) is 32.6 Å². The van der Waals surface area contributed by atoms with E-state index in [-0.39, 0.29) is 10.8 Å². The molecule has 0 saturated heterocycles. The minimum Gasteiger partial charge on any atom is -0.322 e. The maximum Gasteiger partial charge on any atom is 0.261 e. The molecule has 3 rings (SSSR count). The van der Waals surface area contributed by atoms with Crippen molar-refractivity contribution in [1.29, 1.82) is 0 Å². The molecule has 0 aliphatic rings. The van der Waals surface area contributed by atoms with Crippen molar-refractivity contribution in [3.05, 3.63) is 86.4 Å². The first-order valence-corrected chi connectivity index (χ1v) is 11.2.